The van der Waals surface area contributed by atoms with Gasteiger partial charge in [-0.05, 0) is 18.1 Å². The number of hydrogen-bond donors (Lipinski definition) is 1. The van der Waals surface area contributed by atoms with Crippen LogP contribution in [-0.4, -0.2) is 11.0 Å². The van der Waals surface area contributed by atoms with Gasteiger partial charge in [-0.25, -0.2) is 4.79 Å². The van der Waals surface area contributed by atoms with Crippen LogP contribution in [0.25, 0.3) is 0 Å². The van der Waals surface area contributed by atoms with Crippen molar-refractivity contribution in [2.75, 3.05) is 0 Å². The number of ether oxygens (including phenoxy) is 1. The standard InChI is InChI=1S/C16H16N2O4/c1-12-7-8-14(9-15(12)18(20)21)10-17-16(19)22-11-13-5-3-2-4-6-13/h2-9H,10-11H2,1H3,(H,17,19). The normalized spacial score (nSPS) is 10.0. The Bertz CT molecular complexity index is 671. The number of rotatable bonds is 5. The highest BCUT2D eigenvalue weighted by Gasteiger charge is 2.11. The molecule has 2 aromatic carbocycles. The molecule has 0 aliphatic heterocycles. The summed E-state index contributed by atoms with van der Waals surface area (Å²) in [5.41, 5.74) is 2.16. The molecule has 0 radical (unpaired) electrons. The zero-order valence-corrected chi connectivity index (χ0v) is 12.1. The average molecular weight is 300 g/mol. The van der Waals surface area contributed by atoms with Gasteiger partial charge in [0.15, 0.2) is 0 Å². The Morgan fingerprint density at radius 1 is 1.18 bits per heavy atom. The molecule has 6 heteroatoms. The molecular formula is C16H16N2O4. The van der Waals surface area contributed by atoms with E-state index in [2.05, 4.69) is 5.32 Å². The summed E-state index contributed by atoms with van der Waals surface area (Å²) in [6.45, 7) is 2.03. The zero-order chi connectivity index (χ0) is 15.9. The number of nitro benzene ring substituents is 1. The number of nitro groups is 1. The molecule has 1 N–H and O–H groups in total. The molecule has 0 spiro atoms. The summed E-state index contributed by atoms with van der Waals surface area (Å²) in [7, 11) is 0. The summed E-state index contributed by atoms with van der Waals surface area (Å²) in [6, 6.07) is 14.2. The van der Waals surface area contributed by atoms with Crippen molar-refractivity contribution in [2.24, 2.45) is 0 Å². The van der Waals surface area contributed by atoms with E-state index in [4.69, 9.17) is 4.74 Å². The second-order valence-corrected chi connectivity index (χ2v) is 4.79. The van der Waals surface area contributed by atoms with E-state index in [1.807, 2.05) is 30.3 Å². The molecule has 0 heterocycles. The third kappa shape index (κ3) is 4.31. The fourth-order valence-corrected chi connectivity index (χ4v) is 1.91. The predicted molar refractivity (Wildman–Crippen MR) is 81.3 cm³/mol. The maximum atomic E-state index is 11.6. The summed E-state index contributed by atoms with van der Waals surface area (Å²) in [4.78, 5) is 22.0. The first-order chi connectivity index (χ1) is 10.6. The van der Waals surface area contributed by atoms with Crippen LogP contribution in [0.4, 0.5) is 10.5 Å². The van der Waals surface area contributed by atoms with Crippen LogP contribution in [0.15, 0.2) is 48.5 Å². The van der Waals surface area contributed by atoms with Crippen molar-refractivity contribution in [3.63, 3.8) is 0 Å². The fourth-order valence-electron chi connectivity index (χ4n) is 1.91. The highest BCUT2D eigenvalue weighted by Crippen LogP contribution is 2.19. The number of amides is 1. The summed E-state index contributed by atoms with van der Waals surface area (Å²) >= 11 is 0. The van der Waals surface area contributed by atoms with Crippen LogP contribution in [0.1, 0.15) is 16.7 Å². The molecular weight excluding hydrogens is 284 g/mol. The Labute approximate surface area is 127 Å². The molecule has 0 aliphatic carbocycles. The van der Waals surface area contributed by atoms with Crippen molar-refractivity contribution in [1.82, 2.24) is 5.32 Å². The molecule has 0 aromatic heterocycles. The quantitative estimate of drug-likeness (QED) is 0.678. The van der Waals surface area contributed by atoms with Gasteiger partial charge in [0.1, 0.15) is 6.61 Å². The molecule has 22 heavy (non-hydrogen) atoms. The molecule has 0 aliphatic rings. The lowest BCUT2D eigenvalue weighted by Crippen LogP contribution is -2.23. The first kappa shape index (κ1) is 15.5. The van der Waals surface area contributed by atoms with E-state index in [0.717, 1.165) is 5.56 Å². The molecule has 0 saturated carbocycles. The maximum absolute atomic E-state index is 11.6. The number of aryl methyl sites for hydroxylation is 1. The minimum absolute atomic E-state index is 0.0388. The van der Waals surface area contributed by atoms with E-state index in [1.54, 1.807) is 19.1 Å². The van der Waals surface area contributed by atoms with Gasteiger partial charge in [-0.3, -0.25) is 10.1 Å². The zero-order valence-electron chi connectivity index (χ0n) is 12.1. The highest BCUT2D eigenvalue weighted by molar-refractivity contribution is 5.67. The van der Waals surface area contributed by atoms with Gasteiger partial charge >= 0.3 is 6.09 Å². The van der Waals surface area contributed by atoms with Gasteiger partial charge in [0, 0.05) is 18.2 Å². The maximum Gasteiger partial charge on any atom is 0.407 e. The van der Waals surface area contributed by atoms with Crippen molar-refractivity contribution < 1.29 is 14.5 Å². The molecule has 0 unspecified atom stereocenters. The number of nitrogens with zero attached hydrogens (tertiary/aromatic N) is 1. The SMILES string of the molecule is Cc1ccc(CNC(=O)OCc2ccccc2)cc1[N+](=O)[O-]. The van der Waals surface area contributed by atoms with E-state index in [0.29, 0.717) is 11.1 Å². The third-order valence-electron chi connectivity index (χ3n) is 3.12. The van der Waals surface area contributed by atoms with Gasteiger partial charge < -0.3 is 10.1 Å². The van der Waals surface area contributed by atoms with E-state index < -0.39 is 11.0 Å². The van der Waals surface area contributed by atoms with Crippen molar-refractivity contribution >= 4 is 11.8 Å². The van der Waals surface area contributed by atoms with Crippen LogP contribution < -0.4 is 5.32 Å². The first-order valence-electron chi connectivity index (χ1n) is 6.75. The second-order valence-electron chi connectivity index (χ2n) is 4.79. The largest absolute Gasteiger partial charge is 0.445 e. The van der Waals surface area contributed by atoms with Crippen LogP contribution >= 0.6 is 0 Å². The number of nitrogens with one attached hydrogen (secondary N) is 1. The Morgan fingerprint density at radius 3 is 2.59 bits per heavy atom. The summed E-state index contributed by atoms with van der Waals surface area (Å²) in [5, 5.41) is 13.4. The molecule has 6 nitrogen and oxygen atoms in total. The number of benzene rings is 2. The molecule has 2 rings (SSSR count). The van der Waals surface area contributed by atoms with Crippen LogP contribution in [0, 0.1) is 17.0 Å². The van der Waals surface area contributed by atoms with Gasteiger partial charge in [0.25, 0.3) is 5.69 Å². The average Bonchev–Trinajstić information content (AvgIpc) is 2.53. The van der Waals surface area contributed by atoms with Crippen molar-refractivity contribution in [3.05, 3.63) is 75.3 Å². The summed E-state index contributed by atoms with van der Waals surface area (Å²) < 4.78 is 5.07. The minimum atomic E-state index is -0.563. The van der Waals surface area contributed by atoms with E-state index in [-0.39, 0.29) is 18.8 Å². The topological polar surface area (TPSA) is 81.5 Å². The van der Waals surface area contributed by atoms with Crippen LogP contribution in [0.3, 0.4) is 0 Å². The number of carbonyl (C=O) groups excluding carboxylic acids is 1. The van der Waals surface area contributed by atoms with Gasteiger partial charge in [0.2, 0.25) is 0 Å². The van der Waals surface area contributed by atoms with Crippen LogP contribution in [0.5, 0.6) is 0 Å². The predicted octanol–water partition coefficient (Wildman–Crippen LogP) is 3.33. The van der Waals surface area contributed by atoms with E-state index in [9.17, 15) is 14.9 Å². The van der Waals surface area contributed by atoms with Crippen LogP contribution in [0.2, 0.25) is 0 Å². The third-order valence-corrected chi connectivity index (χ3v) is 3.12. The van der Waals surface area contributed by atoms with E-state index in [1.165, 1.54) is 6.07 Å². The van der Waals surface area contributed by atoms with Crippen LogP contribution in [-0.2, 0) is 17.9 Å². The summed E-state index contributed by atoms with van der Waals surface area (Å²) in [5.74, 6) is 0. The number of hydrogen-bond acceptors (Lipinski definition) is 4. The lowest BCUT2D eigenvalue weighted by molar-refractivity contribution is -0.385. The van der Waals surface area contributed by atoms with E-state index >= 15 is 0 Å². The molecule has 1 amide bonds. The first-order valence-corrected chi connectivity index (χ1v) is 6.75. The number of alkyl carbamates (subject to hydrolysis) is 1. The minimum Gasteiger partial charge on any atom is -0.445 e. The van der Waals surface area contributed by atoms with Crippen molar-refractivity contribution in [3.8, 4) is 0 Å². The summed E-state index contributed by atoms with van der Waals surface area (Å²) in [6.07, 6.45) is -0.563. The van der Waals surface area contributed by atoms with Gasteiger partial charge in [-0.2, -0.15) is 0 Å². The molecule has 2 aromatic rings. The van der Waals surface area contributed by atoms with Gasteiger partial charge in [-0.15, -0.1) is 0 Å². The monoisotopic (exact) mass is 300 g/mol. The molecule has 0 saturated heterocycles. The lowest BCUT2D eigenvalue weighted by atomic mass is 10.1. The lowest BCUT2D eigenvalue weighted by Gasteiger charge is -2.07. The van der Waals surface area contributed by atoms with Crippen molar-refractivity contribution in [2.45, 2.75) is 20.1 Å². The van der Waals surface area contributed by atoms with Gasteiger partial charge in [-0.1, -0.05) is 42.5 Å². The molecule has 0 fully saturated rings. The second kappa shape index (κ2) is 7.21. The number of carbonyl (C=O) groups is 1. The Hall–Kier alpha value is -2.89. The fraction of sp³-hybridized carbons (Fsp3) is 0.188. The van der Waals surface area contributed by atoms with Crippen molar-refractivity contribution in [1.29, 1.82) is 0 Å². The molecule has 0 bridgehead atoms. The van der Waals surface area contributed by atoms with Gasteiger partial charge in [0.05, 0.1) is 4.92 Å². The molecule has 114 valence electrons. The highest BCUT2D eigenvalue weighted by atomic mass is 16.6. The Balaban J connectivity index is 1.86. The Kier molecular flexibility index (Phi) is 5.08. The smallest absolute Gasteiger partial charge is 0.407 e. The molecule has 0 atom stereocenters. The Morgan fingerprint density at radius 2 is 1.91 bits per heavy atom.